The molecule has 1 amide bonds. The number of nitrogens with zero attached hydrogens (tertiary/aromatic N) is 3. The highest BCUT2D eigenvalue weighted by atomic mass is 16.2. The van der Waals surface area contributed by atoms with E-state index in [2.05, 4.69) is 34.5 Å². The Morgan fingerprint density at radius 3 is 2.55 bits per heavy atom. The van der Waals surface area contributed by atoms with Gasteiger partial charge in [-0.25, -0.2) is 0 Å². The summed E-state index contributed by atoms with van der Waals surface area (Å²) in [4.78, 5) is 14.6. The second-order valence-corrected chi connectivity index (χ2v) is 5.06. The van der Waals surface area contributed by atoms with Crippen molar-refractivity contribution in [3.05, 3.63) is 18.0 Å². The van der Waals surface area contributed by atoms with Gasteiger partial charge in [-0.2, -0.15) is 5.10 Å². The van der Waals surface area contributed by atoms with Gasteiger partial charge in [-0.3, -0.25) is 9.48 Å². The Hall–Kier alpha value is -1.40. The molecule has 0 bridgehead atoms. The summed E-state index contributed by atoms with van der Waals surface area (Å²) in [5.41, 5.74) is 0.877. The monoisotopic (exact) mass is 281 g/mol. The normalized spacial score (nSPS) is 14.3. The Labute approximate surface area is 121 Å². The summed E-state index contributed by atoms with van der Waals surface area (Å²) in [5.74, 6) is -0.0137. The van der Waals surface area contributed by atoms with E-state index in [1.807, 2.05) is 20.2 Å². The Bertz CT molecular complexity index is 413. The van der Waals surface area contributed by atoms with Crippen LogP contribution in [0.2, 0.25) is 0 Å². The zero-order chi connectivity index (χ0) is 15.1. The van der Waals surface area contributed by atoms with Crippen molar-refractivity contribution in [2.24, 2.45) is 7.05 Å². The van der Waals surface area contributed by atoms with Crippen LogP contribution in [0.1, 0.15) is 32.4 Å². The second-order valence-electron chi connectivity index (χ2n) is 5.06. The topological polar surface area (TPSA) is 62.2 Å². The SMILES string of the molecule is CCN(CC)CC(C)NC(=O)C(NC)c1cnn(C)c1. The maximum Gasteiger partial charge on any atom is 0.242 e. The minimum atomic E-state index is -0.358. The molecular weight excluding hydrogens is 254 g/mol. The van der Waals surface area contributed by atoms with Crippen LogP contribution in [-0.4, -0.2) is 53.3 Å². The van der Waals surface area contributed by atoms with E-state index in [1.54, 1.807) is 17.9 Å². The average Bonchev–Trinajstić information content (AvgIpc) is 2.83. The number of hydrogen-bond donors (Lipinski definition) is 2. The van der Waals surface area contributed by atoms with Crippen molar-refractivity contribution in [2.45, 2.75) is 32.9 Å². The van der Waals surface area contributed by atoms with Gasteiger partial charge in [0.25, 0.3) is 0 Å². The van der Waals surface area contributed by atoms with Crippen molar-refractivity contribution >= 4 is 5.91 Å². The predicted molar refractivity (Wildman–Crippen MR) is 80.4 cm³/mol. The molecule has 0 aliphatic carbocycles. The molecule has 6 heteroatoms. The second kappa shape index (κ2) is 8.01. The molecule has 0 fully saturated rings. The zero-order valence-corrected chi connectivity index (χ0v) is 13.2. The van der Waals surface area contributed by atoms with Crippen LogP contribution in [0.4, 0.5) is 0 Å². The third-order valence-electron chi connectivity index (χ3n) is 3.42. The molecule has 1 aromatic rings. The van der Waals surface area contributed by atoms with Gasteiger partial charge in [-0.15, -0.1) is 0 Å². The molecule has 6 nitrogen and oxygen atoms in total. The molecular formula is C14H27N5O. The van der Waals surface area contributed by atoms with Gasteiger partial charge in [0.1, 0.15) is 6.04 Å². The molecule has 0 spiro atoms. The maximum atomic E-state index is 12.3. The molecule has 2 N–H and O–H groups in total. The average molecular weight is 281 g/mol. The third-order valence-corrected chi connectivity index (χ3v) is 3.42. The van der Waals surface area contributed by atoms with Gasteiger partial charge in [0.2, 0.25) is 5.91 Å². The fraction of sp³-hybridized carbons (Fsp3) is 0.714. The molecule has 2 atom stereocenters. The summed E-state index contributed by atoms with van der Waals surface area (Å²) < 4.78 is 1.70. The molecule has 0 aromatic carbocycles. The number of nitrogens with one attached hydrogen (secondary N) is 2. The molecule has 114 valence electrons. The standard InChI is InChI=1S/C14H27N5O/c1-6-19(7-2)9-11(3)17-14(20)13(15-4)12-8-16-18(5)10-12/h8,10-11,13,15H,6-7,9H2,1-5H3,(H,17,20). The van der Waals surface area contributed by atoms with Gasteiger partial charge in [0.05, 0.1) is 6.20 Å². The highest BCUT2D eigenvalue weighted by Crippen LogP contribution is 2.11. The van der Waals surface area contributed by atoms with Crippen molar-refractivity contribution in [3.63, 3.8) is 0 Å². The number of amides is 1. The molecule has 1 heterocycles. The van der Waals surface area contributed by atoms with Gasteiger partial charge < -0.3 is 15.5 Å². The first-order valence-electron chi connectivity index (χ1n) is 7.20. The predicted octanol–water partition coefficient (Wildman–Crippen LogP) is 0.527. The van der Waals surface area contributed by atoms with Crippen LogP contribution in [-0.2, 0) is 11.8 Å². The summed E-state index contributed by atoms with van der Waals surface area (Å²) >= 11 is 0. The van der Waals surface area contributed by atoms with Crippen molar-refractivity contribution in [1.29, 1.82) is 0 Å². The van der Waals surface area contributed by atoms with Gasteiger partial charge in [0, 0.05) is 31.4 Å². The number of rotatable bonds is 8. The van der Waals surface area contributed by atoms with Gasteiger partial charge >= 0.3 is 0 Å². The first-order chi connectivity index (χ1) is 9.51. The molecule has 0 radical (unpaired) electrons. The first-order valence-corrected chi connectivity index (χ1v) is 7.20. The van der Waals surface area contributed by atoms with Crippen molar-refractivity contribution in [3.8, 4) is 0 Å². The molecule has 1 aromatic heterocycles. The molecule has 0 aliphatic heterocycles. The summed E-state index contributed by atoms with van der Waals surface area (Å²) in [6, 6.07) is -0.238. The van der Waals surface area contributed by atoms with E-state index >= 15 is 0 Å². The van der Waals surface area contributed by atoms with Gasteiger partial charge in [-0.1, -0.05) is 13.8 Å². The van der Waals surface area contributed by atoms with E-state index in [1.165, 1.54) is 0 Å². The Morgan fingerprint density at radius 1 is 1.45 bits per heavy atom. The van der Waals surface area contributed by atoms with Crippen LogP contribution >= 0.6 is 0 Å². The summed E-state index contributed by atoms with van der Waals surface area (Å²) in [6.45, 7) is 9.14. The van der Waals surface area contributed by atoms with Gasteiger partial charge in [0.15, 0.2) is 0 Å². The Balaban J connectivity index is 2.59. The van der Waals surface area contributed by atoms with E-state index in [0.29, 0.717) is 0 Å². The van der Waals surface area contributed by atoms with Crippen molar-refractivity contribution in [1.82, 2.24) is 25.3 Å². The van der Waals surface area contributed by atoms with Crippen LogP contribution in [0, 0.1) is 0 Å². The number of aryl methyl sites for hydroxylation is 1. The fourth-order valence-electron chi connectivity index (χ4n) is 2.28. The molecule has 2 unspecified atom stereocenters. The van der Waals surface area contributed by atoms with Gasteiger partial charge in [-0.05, 0) is 27.1 Å². The lowest BCUT2D eigenvalue weighted by atomic mass is 10.1. The Morgan fingerprint density at radius 2 is 2.10 bits per heavy atom. The molecule has 0 aliphatic rings. The number of aromatic nitrogens is 2. The molecule has 20 heavy (non-hydrogen) atoms. The summed E-state index contributed by atoms with van der Waals surface area (Å²) in [6.07, 6.45) is 3.58. The van der Waals surface area contributed by atoms with Crippen LogP contribution in [0.3, 0.4) is 0 Å². The van der Waals surface area contributed by atoms with E-state index in [0.717, 1.165) is 25.2 Å². The van der Waals surface area contributed by atoms with E-state index in [4.69, 9.17) is 0 Å². The number of hydrogen-bond acceptors (Lipinski definition) is 4. The smallest absolute Gasteiger partial charge is 0.242 e. The minimum Gasteiger partial charge on any atom is -0.351 e. The first kappa shape index (κ1) is 16.7. The lowest BCUT2D eigenvalue weighted by Gasteiger charge is -2.25. The van der Waals surface area contributed by atoms with E-state index in [9.17, 15) is 4.79 Å². The summed E-state index contributed by atoms with van der Waals surface area (Å²) in [5, 5.41) is 10.2. The van der Waals surface area contributed by atoms with Crippen LogP contribution in [0.25, 0.3) is 0 Å². The quantitative estimate of drug-likeness (QED) is 0.729. The van der Waals surface area contributed by atoms with Crippen LogP contribution in [0.15, 0.2) is 12.4 Å². The van der Waals surface area contributed by atoms with Crippen molar-refractivity contribution < 1.29 is 4.79 Å². The van der Waals surface area contributed by atoms with Crippen LogP contribution < -0.4 is 10.6 Å². The van der Waals surface area contributed by atoms with E-state index < -0.39 is 0 Å². The number of carbonyl (C=O) groups is 1. The maximum absolute atomic E-state index is 12.3. The molecule has 1 rings (SSSR count). The number of likely N-dealkylation sites (N-methyl/N-ethyl adjacent to an activating group) is 2. The summed E-state index contributed by atoms with van der Waals surface area (Å²) in [7, 11) is 3.63. The lowest BCUT2D eigenvalue weighted by Crippen LogP contribution is -2.45. The zero-order valence-electron chi connectivity index (χ0n) is 13.2. The van der Waals surface area contributed by atoms with Crippen molar-refractivity contribution in [2.75, 3.05) is 26.7 Å². The molecule has 0 saturated heterocycles. The Kier molecular flexibility index (Phi) is 6.67. The largest absolute Gasteiger partial charge is 0.351 e. The minimum absolute atomic E-state index is 0.0137. The highest BCUT2D eigenvalue weighted by Gasteiger charge is 2.21. The lowest BCUT2D eigenvalue weighted by molar-refractivity contribution is -0.123. The molecule has 0 saturated carbocycles. The highest BCUT2D eigenvalue weighted by molar-refractivity contribution is 5.83. The van der Waals surface area contributed by atoms with Crippen LogP contribution in [0.5, 0.6) is 0 Å². The third kappa shape index (κ3) is 4.61. The van der Waals surface area contributed by atoms with E-state index in [-0.39, 0.29) is 18.0 Å². The fourth-order valence-corrected chi connectivity index (χ4v) is 2.28. The number of carbonyl (C=O) groups excluding carboxylic acids is 1.